The smallest absolute Gasteiger partial charge is 0.364 e. The predicted molar refractivity (Wildman–Crippen MR) is 48.3 cm³/mol. The fraction of sp³-hybridized carbons (Fsp3) is 0.889. The summed E-state index contributed by atoms with van der Waals surface area (Å²) in [6.45, 7) is 8.20. The van der Waals surface area contributed by atoms with E-state index >= 15 is 0 Å². The van der Waals surface area contributed by atoms with E-state index in [1.165, 1.54) is 0 Å². The Morgan fingerprint density at radius 1 is 1.31 bits per heavy atom. The molecule has 0 aliphatic heterocycles. The van der Waals surface area contributed by atoms with Crippen LogP contribution < -0.4 is 0 Å². The van der Waals surface area contributed by atoms with E-state index in [1.54, 1.807) is 34.6 Å². The van der Waals surface area contributed by atoms with Crippen molar-refractivity contribution >= 4 is 5.97 Å². The molecule has 0 aromatic heterocycles. The number of aliphatic carboxylic acids is 1. The summed E-state index contributed by atoms with van der Waals surface area (Å²) < 4.78 is 5.02. The molecular formula is C9H18O4. The van der Waals surface area contributed by atoms with Crippen LogP contribution in [0.4, 0.5) is 0 Å². The fourth-order valence-corrected chi connectivity index (χ4v) is 0.889. The fourth-order valence-electron chi connectivity index (χ4n) is 0.889. The number of ether oxygens (including phenoxy) is 1. The largest absolute Gasteiger partial charge is 0.477 e. The van der Waals surface area contributed by atoms with Crippen molar-refractivity contribution in [1.29, 1.82) is 0 Å². The third-order valence-electron chi connectivity index (χ3n) is 1.71. The maximum Gasteiger partial charge on any atom is 0.364 e. The first kappa shape index (κ1) is 12.4. The lowest BCUT2D eigenvalue weighted by Gasteiger charge is -2.37. The number of carbonyl (C=O) groups is 1. The van der Waals surface area contributed by atoms with Crippen LogP contribution in [0.25, 0.3) is 0 Å². The molecule has 0 aliphatic carbocycles. The molecule has 78 valence electrons. The lowest BCUT2D eigenvalue weighted by atomic mass is 9.85. The quantitative estimate of drug-likeness (QED) is 0.657. The van der Waals surface area contributed by atoms with Crippen molar-refractivity contribution in [3.05, 3.63) is 0 Å². The van der Waals surface area contributed by atoms with Gasteiger partial charge in [-0.15, -0.1) is 0 Å². The Morgan fingerprint density at radius 2 is 1.69 bits per heavy atom. The molecule has 0 spiro atoms. The van der Waals surface area contributed by atoms with E-state index in [0.717, 1.165) is 0 Å². The van der Waals surface area contributed by atoms with Gasteiger partial charge in [0, 0.05) is 5.41 Å². The van der Waals surface area contributed by atoms with Gasteiger partial charge in [0.15, 0.2) is 0 Å². The minimum absolute atomic E-state index is 0.333. The number of rotatable bonds is 3. The van der Waals surface area contributed by atoms with Crippen molar-refractivity contribution in [3.63, 3.8) is 0 Å². The maximum absolute atomic E-state index is 10.8. The standard InChI is InChI=1S/C9H18O4/c1-6(2)13-9(12,7(10)11)8(3,4)5/h6,12H,1-5H3,(H,10,11). The Labute approximate surface area is 78.5 Å². The lowest BCUT2D eigenvalue weighted by Crippen LogP contribution is -2.53. The number of hydrogen-bond acceptors (Lipinski definition) is 3. The van der Waals surface area contributed by atoms with Gasteiger partial charge < -0.3 is 14.9 Å². The Bertz CT molecular complexity index is 192. The van der Waals surface area contributed by atoms with Gasteiger partial charge in [-0.3, -0.25) is 0 Å². The third kappa shape index (κ3) is 2.67. The summed E-state index contributed by atoms with van der Waals surface area (Å²) in [6, 6.07) is 0. The van der Waals surface area contributed by atoms with Crippen molar-refractivity contribution in [3.8, 4) is 0 Å². The van der Waals surface area contributed by atoms with Crippen molar-refractivity contribution in [2.24, 2.45) is 5.41 Å². The molecule has 1 atom stereocenters. The molecule has 2 N–H and O–H groups in total. The van der Waals surface area contributed by atoms with E-state index in [0.29, 0.717) is 0 Å². The molecule has 0 aliphatic rings. The first-order chi connectivity index (χ1) is 5.61. The molecule has 1 unspecified atom stereocenters. The zero-order chi connectivity index (χ0) is 10.9. The van der Waals surface area contributed by atoms with Gasteiger partial charge in [-0.05, 0) is 13.8 Å². The Balaban J connectivity index is 4.85. The highest BCUT2D eigenvalue weighted by atomic mass is 16.7. The van der Waals surface area contributed by atoms with Crippen LogP contribution in [0.3, 0.4) is 0 Å². The number of carboxylic acid groups (broad SMARTS) is 1. The summed E-state index contributed by atoms with van der Waals surface area (Å²) >= 11 is 0. The van der Waals surface area contributed by atoms with Gasteiger partial charge in [0.2, 0.25) is 0 Å². The van der Waals surface area contributed by atoms with E-state index in [-0.39, 0.29) is 6.10 Å². The molecule has 0 saturated heterocycles. The second-order valence-corrected chi connectivity index (χ2v) is 4.37. The molecule has 4 nitrogen and oxygen atoms in total. The highest BCUT2D eigenvalue weighted by molar-refractivity contribution is 5.76. The normalized spacial score (nSPS) is 17.2. The zero-order valence-electron chi connectivity index (χ0n) is 8.79. The molecule has 0 aromatic carbocycles. The Morgan fingerprint density at radius 3 is 1.77 bits per heavy atom. The topological polar surface area (TPSA) is 66.8 Å². The zero-order valence-corrected chi connectivity index (χ0v) is 8.79. The van der Waals surface area contributed by atoms with E-state index < -0.39 is 17.2 Å². The van der Waals surface area contributed by atoms with Crippen LogP contribution in [-0.2, 0) is 9.53 Å². The number of carboxylic acids is 1. The second-order valence-electron chi connectivity index (χ2n) is 4.37. The molecule has 4 heteroatoms. The van der Waals surface area contributed by atoms with Crippen molar-refractivity contribution in [2.75, 3.05) is 0 Å². The van der Waals surface area contributed by atoms with Gasteiger partial charge in [0.1, 0.15) is 0 Å². The van der Waals surface area contributed by atoms with Gasteiger partial charge >= 0.3 is 5.97 Å². The number of aliphatic hydroxyl groups is 1. The van der Waals surface area contributed by atoms with E-state index in [2.05, 4.69) is 0 Å². The highest BCUT2D eigenvalue weighted by Gasteiger charge is 2.49. The van der Waals surface area contributed by atoms with Crippen LogP contribution >= 0.6 is 0 Å². The lowest BCUT2D eigenvalue weighted by molar-refractivity contribution is -0.273. The van der Waals surface area contributed by atoms with Gasteiger partial charge in [-0.2, -0.15) is 0 Å². The van der Waals surface area contributed by atoms with Crippen molar-refractivity contribution in [2.45, 2.75) is 46.5 Å². The van der Waals surface area contributed by atoms with E-state index in [1.807, 2.05) is 0 Å². The van der Waals surface area contributed by atoms with Crippen LogP contribution in [0, 0.1) is 5.41 Å². The predicted octanol–water partition coefficient (Wildman–Crippen LogP) is 1.23. The van der Waals surface area contributed by atoms with E-state index in [9.17, 15) is 9.90 Å². The Kier molecular flexibility index (Phi) is 3.47. The minimum atomic E-state index is -2.12. The number of hydrogen-bond donors (Lipinski definition) is 2. The molecule has 0 aromatic rings. The summed E-state index contributed by atoms with van der Waals surface area (Å²) in [5, 5.41) is 18.6. The van der Waals surface area contributed by atoms with Crippen LogP contribution in [0.2, 0.25) is 0 Å². The Hall–Kier alpha value is -0.610. The average molecular weight is 190 g/mol. The third-order valence-corrected chi connectivity index (χ3v) is 1.71. The molecule has 0 radical (unpaired) electrons. The van der Waals surface area contributed by atoms with Crippen molar-refractivity contribution < 1.29 is 19.7 Å². The summed E-state index contributed by atoms with van der Waals surface area (Å²) in [6.07, 6.45) is -0.333. The second kappa shape index (κ2) is 3.64. The van der Waals surface area contributed by atoms with Gasteiger partial charge in [-0.25, -0.2) is 4.79 Å². The molecule has 0 bridgehead atoms. The molecule has 13 heavy (non-hydrogen) atoms. The molecule has 0 heterocycles. The summed E-state index contributed by atoms with van der Waals surface area (Å²) in [4.78, 5) is 10.8. The van der Waals surface area contributed by atoms with Crippen LogP contribution in [-0.4, -0.2) is 28.1 Å². The highest BCUT2D eigenvalue weighted by Crippen LogP contribution is 2.32. The summed E-state index contributed by atoms with van der Waals surface area (Å²) in [5.74, 6) is -3.48. The van der Waals surface area contributed by atoms with Crippen LogP contribution in [0.15, 0.2) is 0 Å². The average Bonchev–Trinajstić information content (AvgIpc) is 1.82. The summed E-state index contributed by atoms with van der Waals surface area (Å²) in [7, 11) is 0. The minimum Gasteiger partial charge on any atom is -0.477 e. The molecule has 0 amide bonds. The van der Waals surface area contributed by atoms with Gasteiger partial charge in [0.25, 0.3) is 5.79 Å². The molecular weight excluding hydrogens is 172 g/mol. The first-order valence-corrected chi connectivity index (χ1v) is 4.25. The SMILES string of the molecule is CC(C)OC(O)(C(=O)O)C(C)(C)C. The monoisotopic (exact) mass is 190 g/mol. The first-order valence-electron chi connectivity index (χ1n) is 4.25. The molecule has 0 fully saturated rings. The summed E-state index contributed by atoms with van der Waals surface area (Å²) in [5.41, 5.74) is -0.858. The van der Waals surface area contributed by atoms with Gasteiger partial charge in [-0.1, -0.05) is 20.8 Å². The van der Waals surface area contributed by atoms with E-state index in [4.69, 9.17) is 9.84 Å². The van der Waals surface area contributed by atoms with Crippen LogP contribution in [0.1, 0.15) is 34.6 Å². The van der Waals surface area contributed by atoms with Crippen molar-refractivity contribution in [1.82, 2.24) is 0 Å². The maximum atomic E-state index is 10.8. The molecule has 0 rings (SSSR count). The molecule has 0 saturated carbocycles. The van der Waals surface area contributed by atoms with Crippen LogP contribution in [0.5, 0.6) is 0 Å². The van der Waals surface area contributed by atoms with Gasteiger partial charge in [0.05, 0.1) is 6.10 Å².